The van der Waals surface area contributed by atoms with Crippen molar-refractivity contribution in [2.75, 3.05) is 25.6 Å². The van der Waals surface area contributed by atoms with E-state index in [1.165, 1.54) is 6.92 Å². The minimum Gasteiger partial charge on any atom is -0.491 e. The second-order valence-corrected chi connectivity index (χ2v) is 12.5. The van der Waals surface area contributed by atoms with Crippen LogP contribution in [0.5, 0.6) is 5.75 Å². The highest BCUT2D eigenvalue weighted by Crippen LogP contribution is 2.55. The van der Waals surface area contributed by atoms with Crippen LogP contribution in [0.3, 0.4) is 0 Å². The van der Waals surface area contributed by atoms with Gasteiger partial charge in [0, 0.05) is 29.8 Å². The van der Waals surface area contributed by atoms with E-state index < -0.39 is 19.0 Å². The van der Waals surface area contributed by atoms with Crippen molar-refractivity contribution in [3.63, 3.8) is 0 Å². The first-order valence-corrected chi connectivity index (χ1v) is 15.7. The molecule has 43 heavy (non-hydrogen) atoms. The van der Waals surface area contributed by atoms with Crippen LogP contribution in [-0.4, -0.2) is 56.1 Å². The number of aromatic nitrogens is 2. The van der Waals surface area contributed by atoms with Crippen LogP contribution >= 0.6 is 7.60 Å². The van der Waals surface area contributed by atoms with Crippen LogP contribution in [0.2, 0.25) is 0 Å². The molecule has 0 amide bonds. The Morgan fingerprint density at radius 2 is 1.81 bits per heavy atom. The molecular formula is C31H37FN3O7P. The zero-order valence-corrected chi connectivity index (χ0v) is 25.1. The molecule has 230 valence electrons. The van der Waals surface area contributed by atoms with E-state index in [0.29, 0.717) is 29.0 Å². The molecule has 2 aromatic heterocycles. The molecule has 0 aliphatic heterocycles. The number of benzene rings is 2. The first-order chi connectivity index (χ1) is 20.4. The summed E-state index contributed by atoms with van der Waals surface area (Å²) in [7, 11) is -4.86. The SMILES string of the molecule is CCC(F)(CCOCCOc1ccc(CCc2cnc3c(N)nc4cc(CCC(=O)O)ccc4c3c2)c(C)c1)P(=O)(O)O. The minimum absolute atomic E-state index is 0.0480. The molecule has 0 saturated heterocycles. The van der Waals surface area contributed by atoms with Gasteiger partial charge in [-0.15, -0.1) is 0 Å². The van der Waals surface area contributed by atoms with E-state index in [0.717, 1.165) is 45.9 Å². The van der Waals surface area contributed by atoms with Crippen LogP contribution < -0.4 is 10.5 Å². The third-order valence-corrected chi connectivity index (χ3v) is 9.18. The lowest BCUT2D eigenvalue weighted by molar-refractivity contribution is -0.136. The summed E-state index contributed by atoms with van der Waals surface area (Å²) in [5.41, 5.74) is 11.7. The van der Waals surface area contributed by atoms with Crippen molar-refractivity contribution < 1.29 is 38.1 Å². The summed E-state index contributed by atoms with van der Waals surface area (Å²) >= 11 is 0. The number of hydrogen-bond donors (Lipinski definition) is 4. The van der Waals surface area contributed by atoms with E-state index >= 15 is 0 Å². The number of pyridine rings is 2. The Bertz CT molecular complexity index is 1660. The van der Waals surface area contributed by atoms with Gasteiger partial charge in [0.1, 0.15) is 17.9 Å². The molecule has 1 atom stereocenters. The summed E-state index contributed by atoms with van der Waals surface area (Å²) < 4.78 is 36.8. The van der Waals surface area contributed by atoms with Crippen LogP contribution in [0.15, 0.2) is 48.7 Å². The molecule has 10 nitrogen and oxygen atoms in total. The predicted molar refractivity (Wildman–Crippen MR) is 163 cm³/mol. The molecular weight excluding hydrogens is 576 g/mol. The average Bonchev–Trinajstić information content (AvgIpc) is 2.96. The Hall–Kier alpha value is -3.63. The number of alkyl halides is 1. The normalized spacial score (nSPS) is 13.3. The number of nitrogens with two attached hydrogens (primary N) is 1. The number of anilines is 1. The number of carboxylic acid groups (broad SMARTS) is 1. The first-order valence-electron chi connectivity index (χ1n) is 14.1. The Kier molecular flexibility index (Phi) is 10.3. The van der Waals surface area contributed by atoms with Crippen molar-refractivity contribution >= 4 is 41.2 Å². The predicted octanol–water partition coefficient (Wildman–Crippen LogP) is 5.52. The van der Waals surface area contributed by atoms with E-state index in [2.05, 4.69) is 16.0 Å². The second-order valence-electron chi connectivity index (χ2n) is 10.6. The molecule has 12 heteroatoms. The van der Waals surface area contributed by atoms with Crippen molar-refractivity contribution in [1.82, 2.24) is 9.97 Å². The van der Waals surface area contributed by atoms with Crippen molar-refractivity contribution in [1.29, 1.82) is 0 Å². The lowest BCUT2D eigenvalue weighted by atomic mass is 9.99. The van der Waals surface area contributed by atoms with E-state index in [1.807, 2.05) is 49.5 Å². The molecule has 5 N–H and O–H groups in total. The average molecular weight is 614 g/mol. The zero-order chi connectivity index (χ0) is 31.2. The number of halogens is 1. The smallest absolute Gasteiger partial charge is 0.362 e. The van der Waals surface area contributed by atoms with Gasteiger partial charge < -0.3 is 30.1 Å². The molecule has 0 bridgehead atoms. The van der Waals surface area contributed by atoms with Gasteiger partial charge in [-0.05, 0) is 79.1 Å². The number of aliphatic carboxylic acids is 1. The van der Waals surface area contributed by atoms with Gasteiger partial charge in [0.05, 0.1) is 18.7 Å². The molecule has 2 aromatic carbocycles. The Morgan fingerprint density at radius 3 is 2.51 bits per heavy atom. The monoisotopic (exact) mass is 613 g/mol. The van der Waals surface area contributed by atoms with Gasteiger partial charge in [0.25, 0.3) is 0 Å². The second kappa shape index (κ2) is 13.8. The minimum atomic E-state index is -4.86. The summed E-state index contributed by atoms with van der Waals surface area (Å²) in [5.74, 6) is 0.151. The Morgan fingerprint density at radius 1 is 1.02 bits per heavy atom. The van der Waals surface area contributed by atoms with Crippen LogP contribution in [0.4, 0.5) is 10.2 Å². The molecule has 1 unspecified atom stereocenters. The standard InChI is InChI=1S/C31H37FN3O7P/c1-3-31(32,43(38,39)40)12-13-41-14-15-42-24-9-8-23(20(2)16-24)7-4-22-17-26-25-10-5-21(6-11-28(36)37)18-27(25)35-30(33)29(26)34-19-22/h5,8-10,16-19H,3-4,6-7,11-15H2,1-2H3,(H2,33,35)(H,36,37)(H2,38,39,40). The zero-order valence-electron chi connectivity index (χ0n) is 24.3. The van der Waals surface area contributed by atoms with Gasteiger partial charge in [-0.3, -0.25) is 14.3 Å². The van der Waals surface area contributed by atoms with Gasteiger partial charge in [-0.2, -0.15) is 0 Å². The molecule has 0 saturated carbocycles. The summed E-state index contributed by atoms with van der Waals surface area (Å²) in [4.78, 5) is 38.4. The lowest BCUT2D eigenvalue weighted by Crippen LogP contribution is -2.24. The summed E-state index contributed by atoms with van der Waals surface area (Å²) in [5, 5.41) is 8.23. The fraction of sp³-hybridized carbons (Fsp3) is 0.387. The molecule has 0 aliphatic carbocycles. The molecule has 2 heterocycles. The van der Waals surface area contributed by atoms with E-state index in [4.69, 9.17) is 20.3 Å². The van der Waals surface area contributed by atoms with Crippen molar-refractivity contribution in [3.8, 4) is 5.75 Å². The van der Waals surface area contributed by atoms with Gasteiger partial charge >= 0.3 is 13.6 Å². The number of nitrogens with zero attached hydrogens (tertiary/aromatic N) is 2. The number of carboxylic acids is 1. The summed E-state index contributed by atoms with van der Waals surface area (Å²) in [6, 6.07) is 13.7. The molecule has 4 rings (SSSR count). The van der Waals surface area contributed by atoms with Crippen LogP contribution in [0.1, 0.15) is 48.4 Å². The molecule has 0 fully saturated rings. The van der Waals surface area contributed by atoms with Crippen LogP contribution in [0, 0.1) is 6.92 Å². The van der Waals surface area contributed by atoms with Crippen LogP contribution in [0.25, 0.3) is 21.8 Å². The lowest BCUT2D eigenvalue weighted by Gasteiger charge is -2.24. The number of nitrogen functional groups attached to an aromatic ring is 1. The molecule has 0 spiro atoms. The van der Waals surface area contributed by atoms with Crippen molar-refractivity contribution in [3.05, 3.63) is 70.9 Å². The molecule has 0 radical (unpaired) electrons. The van der Waals surface area contributed by atoms with Crippen molar-refractivity contribution in [2.45, 2.75) is 57.8 Å². The Labute approximate surface area is 249 Å². The fourth-order valence-corrected chi connectivity index (χ4v) is 5.73. The van der Waals surface area contributed by atoms with E-state index in [1.54, 1.807) is 0 Å². The quantitative estimate of drug-likeness (QED) is 0.0763. The molecule has 0 aliphatic rings. The maximum atomic E-state index is 14.4. The highest BCUT2D eigenvalue weighted by atomic mass is 31.2. The fourth-order valence-electron chi connectivity index (χ4n) is 4.94. The third-order valence-electron chi connectivity index (χ3n) is 7.59. The highest BCUT2D eigenvalue weighted by molar-refractivity contribution is 7.53. The molecule has 4 aromatic rings. The maximum Gasteiger partial charge on any atom is 0.362 e. The largest absolute Gasteiger partial charge is 0.491 e. The number of rotatable bonds is 15. The third kappa shape index (κ3) is 8.06. The topological polar surface area (TPSA) is 165 Å². The van der Waals surface area contributed by atoms with Crippen LogP contribution in [-0.2, 0) is 33.4 Å². The first kappa shape index (κ1) is 32.3. The number of hydrogen-bond acceptors (Lipinski definition) is 7. The van der Waals surface area contributed by atoms with E-state index in [9.17, 15) is 23.5 Å². The van der Waals surface area contributed by atoms with Crippen molar-refractivity contribution in [2.24, 2.45) is 0 Å². The number of aryl methyl sites for hydroxylation is 4. The number of ether oxygens (including phenoxy) is 2. The number of carbonyl (C=O) groups is 1. The van der Waals surface area contributed by atoms with Gasteiger partial charge in [0.15, 0.2) is 5.82 Å². The Balaban J connectivity index is 1.34. The van der Waals surface area contributed by atoms with Gasteiger partial charge in [-0.25, -0.2) is 9.37 Å². The highest BCUT2D eigenvalue weighted by Gasteiger charge is 2.45. The summed E-state index contributed by atoms with van der Waals surface area (Å²) in [6.45, 7) is 3.66. The van der Waals surface area contributed by atoms with Gasteiger partial charge in [0.2, 0.25) is 5.41 Å². The number of fused-ring (bicyclic) bond motifs is 3. The maximum absolute atomic E-state index is 14.4. The van der Waals surface area contributed by atoms with Gasteiger partial charge in [-0.1, -0.05) is 25.1 Å². The summed E-state index contributed by atoms with van der Waals surface area (Å²) in [6.07, 6.45) is 3.14. The van der Waals surface area contributed by atoms with E-state index in [-0.39, 0.29) is 39.1 Å².